The molecule has 0 unspecified atom stereocenters. The lowest BCUT2D eigenvalue weighted by Gasteiger charge is -2.36. The minimum absolute atomic E-state index is 0.967. The average molecular weight is 255 g/mol. The summed E-state index contributed by atoms with van der Waals surface area (Å²) >= 11 is 0. The number of hydrogen-bond acceptors (Lipinski definition) is 5. The highest BCUT2D eigenvalue weighted by atomic mass is 15.3. The molecule has 0 atom stereocenters. The third kappa shape index (κ3) is 2.65. The van der Waals surface area contributed by atoms with Gasteiger partial charge in [0.15, 0.2) is 0 Å². The maximum atomic E-state index is 4.53. The molecule has 0 bridgehead atoms. The summed E-state index contributed by atoms with van der Waals surface area (Å²) in [5, 5.41) is 0. The molecule has 0 spiro atoms. The zero-order chi connectivity index (χ0) is 13.1. The van der Waals surface area contributed by atoms with Crippen LogP contribution in [0.15, 0.2) is 36.9 Å². The van der Waals surface area contributed by atoms with Crippen molar-refractivity contribution in [1.29, 1.82) is 0 Å². The summed E-state index contributed by atoms with van der Waals surface area (Å²) in [4.78, 5) is 17.5. The molecule has 19 heavy (non-hydrogen) atoms. The van der Waals surface area contributed by atoms with E-state index in [1.807, 2.05) is 25.5 Å². The van der Waals surface area contributed by atoms with Gasteiger partial charge in [0.05, 0.1) is 11.9 Å². The van der Waals surface area contributed by atoms with E-state index >= 15 is 0 Å². The Morgan fingerprint density at radius 3 is 2.26 bits per heavy atom. The summed E-state index contributed by atoms with van der Waals surface area (Å²) in [7, 11) is 0. The number of nitrogens with zero attached hydrogens (tertiary/aromatic N) is 5. The van der Waals surface area contributed by atoms with Gasteiger partial charge in [-0.05, 0) is 19.1 Å². The Kier molecular flexibility index (Phi) is 3.27. The van der Waals surface area contributed by atoms with Gasteiger partial charge in [-0.3, -0.25) is 9.97 Å². The molecule has 0 aromatic carbocycles. The number of rotatable bonds is 2. The van der Waals surface area contributed by atoms with Crippen molar-refractivity contribution in [1.82, 2.24) is 15.0 Å². The molecule has 0 radical (unpaired) electrons. The highest BCUT2D eigenvalue weighted by molar-refractivity contribution is 5.47. The van der Waals surface area contributed by atoms with Crippen LogP contribution in [-0.2, 0) is 0 Å². The lowest BCUT2D eigenvalue weighted by Crippen LogP contribution is -2.46. The zero-order valence-corrected chi connectivity index (χ0v) is 11.0. The maximum Gasteiger partial charge on any atom is 0.147 e. The second kappa shape index (κ2) is 5.22. The Hall–Kier alpha value is -2.17. The van der Waals surface area contributed by atoms with E-state index in [1.54, 1.807) is 6.20 Å². The number of piperazine rings is 1. The smallest absolute Gasteiger partial charge is 0.147 e. The summed E-state index contributed by atoms with van der Waals surface area (Å²) in [6.45, 7) is 5.92. The summed E-state index contributed by atoms with van der Waals surface area (Å²) in [5.41, 5.74) is 2.21. The van der Waals surface area contributed by atoms with Crippen molar-refractivity contribution in [2.75, 3.05) is 36.0 Å². The Morgan fingerprint density at radius 1 is 0.895 bits per heavy atom. The van der Waals surface area contributed by atoms with Crippen LogP contribution in [0.4, 0.5) is 11.5 Å². The fraction of sp³-hybridized carbons (Fsp3) is 0.357. The predicted molar refractivity (Wildman–Crippen MR) is 75.4 cm³/mol. The lowest BCUT2D eigenvalue weighted by atomic mass is 10.2. The van der Waals surface area contributed by atoms with Crippen LogP contribution in [0, 0.1) is 6.92 Å². The Balaban J connectivity index is 1.67. The number of hydrogen-bond donors (Lipinski definition) is 0. The zero-order valence-electron chi connectivity index (χ0n) is 11.0. The van der Waals surface area contributed by atoms with E-state index in [9.17, 15) is 0 Å². The van der Waals surface area contributed by atoms with Crippen LogP contribution in [0.5, 0.6) is 0 Å². The molecule has 2 aromatic heterocycles. The van der Waals surface area contributed by atoms with Crippen molar-refractivity contribution in [3.8, 4) is 0 Å². The normalized spacial score (nSPS) is 15.6. The molecule has 1 saturated heterocycles. The summed E-state index contributed by atoms with van der Waals surface area (Å²) in [5.74, 6) is 0.981. The second-order valence-corrected chi connectivity index (χ2v) is 4.70. The van der Waals surface area contributed by atoms with Crippen LogP contribution in [0.3, 0.4) is 0 Å². The van der Waals surface area contributed by atoms with E-state index < -0.39 is 0 Å². The van der Waals surface area contributed by atoms with E-state index in [4.69, 9.17) is 0 Å². The molecule has 5 heteroatoms. The van der Waals surface area contributed by atoms with Gasteiger partial charge in [-0.1, -0.05) is 0 Å². The third-order valence-electron chi connectivity index (χ3n) is 3.37. The van der Waals surface area contributed by atoms with Gasteiger partial charge in [-0.2, -0.15) is 0 Å². The van der Waals surface area contributed by atoms with Crippen molar-refractivity contribution in [2.24, 2.45) is 0 Å². The van der Waals surface area contributed by atoms with Gasteiger partial charge in [0.2, 0.25) is 0 Å². The van der Waals surface area contributed by atoms with Crippen molar-refractivity contribution >= 4 is 11.5 Å². The van der Waals surface area contributed by atoms with Gasteiger partial charge in [0, 0.05) is 50.5 Å². The Labute approximate surface area is 112 Å². The molecule has 0 aliphatic carbocycles. The van der Waals surface area contributed by atoms with Crippen LogP contribution in [0.25, 0.3) is 0 Å². The van der Waals surface area contributed by atoms with Gasteiger partial charge >= 0.3 is 0 Å². The molecular weight excluding hydrogens is 238 g/mol. The Morgan fingerprint density at radius 2 is 1.58 bits per heavy atom. The topological polar surface area (TPSA) is 45.2 Å². The van der Waals surface area contributed by atoms with Crippen LogP contribution >= 0.6 is 0 Å². The van der Waals surface area contributed by atoms with E-state index in [2.05, 4.69) is 36.9 Å². The molecule has 3 heterocycles. The molecule has 1 aliphatic heterocycles. The number of anilines is 2. The van der Waals surface area contributed by atoms with Crippen molar-refractivity contribution in [3.05, 3.63) is 42.6 Å². The number of pyridine rings is 1. The lowest BCUT2D eigenvalue weighted by molar-refractivity contribution is 0.645. The van der Waals surface area contributed by atoms with E-state index in [-0.39, 0.29) is 0 Å². The van der Waals surface area contributed by atoms with Crippen LogP contribution in [-0.4, -0.2) is 41.1 Å². The molecule has 0 amide bonds. The number of aryl methyl sites for hydroxylation is 1. The second-order valence-electron chi connectivity index (χ2n) is 4.70. The fourth-order valence-electron chi connectivity index (χ4n) is 2.35. The molecule has 0 N–H and O–H groups in total. The summed E-state index contributed by atoms with van der Waals surface area (Å²) in [6.07, 6.45) is 7.31. The maximum absolute atomic E-state index is 4.53. The van der Waals surface area contributed by atoms with Crippen LogP contribution < -0.4 is 9.80 Å². The average Bonchev–Trinajstić information content (AvgIpc) is 2.48. The van der Waals surface area contributed by atoms with Crippen molar-refractivity contribution in [2.45, 2.75) is 6.92 Å². The molecule has 1 aliphatic rings. The summed E-state index contributed by atoms with van der Waals surface area (Å²) in [6, 6.07) is 4.12. The monoisotopic (exact) mass is 255 g/mol. The molecule has 2 aromatic rings. The van der Waals surface area contributed by atoms with Gasteiger partial charge in [-0.15, -0.1) is 0 Å². The first-order chi connectivity index (χ1) is 9.33. The minimum Gasteiger partial charge on any atom is -0.368 e. The van der Waals surface area contributed by atoms with Crippen LogP contribution in [0.2, 0.25) is 0 Å². The van der Waals surface area contributed by atoms with Crippen molar-refractivity contribution < 1.29 is 0 Å². The highest BCUT2D eigenvalue weighted by Gasteiger charge is 2.18. The predicted octanol–water partition coefficient (Wildman–Crippen LogP) is 1.51. The van der Waals surface area contributed by atoms with Gasteiger partial charge < -0.3 is 9.80 Å². The first-order valence-electron chi connectivity index (χ1n) is 6.51. The Bertz CT molecular complexity index is 535. The van der Waals surface area contributed by atoms with Gasteiger partial charge in [0.1, 0.15) is 5.82 Å². The first kappa shape index (κ1) is 11.9. The fourth-order valence-corrected chi connectivity index (χ4v) is 2.35. The van der Waals surface area contributed by atoms with E-state index in [0.717, 1.165) is 37.7 Å². The van der Waals surface area contributed by atoms with Crippen LogP contribution in [0.1, 0.15) is 5.69 Å². The largest absolute Gasteiger partial charge is 0.368 e. The van der Waals surface area contributed by atoms with E-state index in [1.165, 1.54) is 5.69 Å². The molecule has 0 saturated carbocycles. The van der Waals surface area contributed by atoms with Crippen molar-refractivity contribution in [3.63, 3.8) is 0 Å². The molecule has 5 nitrogen and oxygen atoms in total. The molecule has 1 fully saturated rings. The highest BCUT2D eigenvalue weighted by Crippen LogP contribution is 2.17. The SMILES string of the molecule is Cc1cncc(N2CCN(c3ccncc3)CC2)n1. The van der Waals surface area contributed by atoms with E-state index in [0.29, 0.717) is 0 Å². The molecular formula is C14H17N5. The first-order valence-corrected chi connectivity index (χ1v) is 6.51. The van der Waals surface area contributed by atoms with Gasteiger partial charge in [0.25, 0.3) is 0 Å². The third-order valence-corrected chi connectivity index (χ3v) is 3.37. The minimum atomic E-state index is 0.967. The molecule has 3 rings (SSSR count). The summed E-state index contributed by atoms with van der Waals surface area (Å²) < 4.78 is 0. The quantitative estimate of drug-likeness (QED) is 0.814. The standard InChI is InChI=1S/C14H17N5/c1-12-10-16-11-14(17-12)19-8-6-18(7-9-19)13-2-4-15-5-3-13/h2-5,10-11H,6-9H2,1H3. The van der Waals surface area contributed by atoms with Gasteiger partial charge in [-0.25, -0.2) is 4.98 Å². The number of aromatic nitrogens is 3. The molecule has 98 valence electrons.